The van der Waals surface area contributed by atoms with E-state index in [9.17, 15) is 0 Å². The SMILES string of the molecule is C=C/C=C(\C=C/C)c1ccc(N(c2ccc(-c3ccc(-n4c5ccc6c(c5c5ccc(C)c(Sc7ccccc7C)c54)C(C)(C)C(C=C)=C6/C=C\C)cc3)cc2)c2ccc(N(c3ccccc3)c3ccccc3)cc2)cc1. The standard InChI is InChI=1S/C73H63N3S/c1-9-21-52(22-10-2)53-31-37-58(38-32-53)75(61-45-43-60(44-46-61)74(56-25-15-13-16-26-56)57-27-17-14-18-28-57)59-39-33-54(34-40-59)55-35-41-62(42-36-55)76-67-49-48-64-63(23-11-3)66(12-4)73(7,8)70(64)69(67)65-47-30-51(6)72(71(65)76)77-68-29-20-19-24-50(68)5/h9-49H,1,4H2,2-3,5-8H3/b22-10-,23-11-,52-21+. The van der Waals surface area contributed by atoms with Gasteiger partial charge in [0.25, 0.3) is 0 Å². The molecule has 0 N–H and O–H groups in total. The van der Waals surface area contributed by atoms with Crippen molar-refractivity contribution < 1.29 is 0 Å². The molecule has 11 rings (SSSR count). The van der Waals surface area contributed by atoms with E-state index in [4.69, 9.17) is 0 Å². The summed E-state index contributed by atoms with van der Waals surface area (Å²) < 4.78 is 2.52. The van der Waals surface area contributed by atoms with E-state index >= 15 is 0 Å². The Bertz CT molecular complexity index is 3910. The van der Waals surface area contributed by atoms with Gasteiger partial charge in [0.1, 0.15) is 0 Å². The molecule has 0 saturated heterocycles. The first kappa shape index (κ1) is 50.3. The zero-order valence-electron chi connectivity index (χ0n) is 44.8. The van der Waals surface area contributed by atoms with Crippen LogP contribution < -0.4 is 9.80 Å². The Morgan fingerprint density at radius 2 is 1.08 bits per heavy atom. The Morgan fingerprint density at radius 1 is 0.545 bits per heavy atom. The molecule has 10 aromatic rings. The molecule has 1 aliphatic rings. The number of rotatable bonds is 15. The number of aromatic nitrogens is 1. The molecule has 3 nitrogen and oxygen atoms in total. The van der Waals surface area contributed by atoms with Crippen LogP contribution >= 0.6 is 11.8 Å². The smallest absolute Gasteiger partial charge is 0.0683 e. The van der Waals surface area contributed by atoms with E-state index in [0.717, 1.165) is 62.1 Å². The van der Waals surface area contributed by atoms with E-state index in [2.05, 4.69) is 305 Å². The molecule has 1 aliphatic carbocycles. The van der Waals surface area contributed by atoms with Gasteiger partial charge in [-0.3, -0.25) is 0 Å². The number of hydrogen-bond acceptors (Lipinski definition) is 3. The van der Waals surface area contributed by atoms with Gasteiger partial charge < -0.3 is 14.4 Å². The summed E-state index contributed by atoms with van der Waals surface area (Å²) in [6.07, 6.45) is 14.6. The van der Waals surface area contributed by atoms with Crippen LogP contribution in [-0.2, 0) is 5.41 Å². The van der Waals surface area contributed by atoms with Crippen LogP contribution in [0.15, 0.2) is 277 Å². The topological polar surface area (TPSA) is 11.4 Å². The van der Waals surface area contributed by atoms with Crippen LogP contribution in [0.5, 0.6) is 0 Å². The summed E-state index contributed by atoms with van der Waals surface area (Å²) >= 11 is 1.87. The molecule has 0 spiro atoms. The van der Waals surface area contributed by atoms with Crippen molar-refractivity contribution in [2.45, 2.75) is 56.7 Å². The molecule has 9 aromatic carbocycles. The third kappa shape index (κ3) is 9.30. The fraction of sp³-hybridized carbons (Fsp3) is 0.0959. The molecule has 1 heterocycles. The molecule has 0 amide bonds. The Morgan fingerprint density at radius 3 is 1.62 bits per heavy atom. The van der Waals surface area contributed by atoms with Crippen molar-refractivity contribution in [2.24, 2.45) is 0 Å². The lowest BCUT2D eigenvalue weighted by molar-refractivity contribution is 0.661. The third-order valence-corrected chi connectivity index (χ3v) is 16.4. The molecule has 0 aliphatic heterocycles. The quantitative estimate of drug-likeness (QED) is 0.0949. The van der Waals surface area contributed by atoms with Gasteiger partial charge in [-0.2, -0.15) is 0 Å². The number of nitrogens with zero attached hydrogens (tertiary/aromatic N) is 3. The van der Waals surface area contributed by atoms with Gasteiger partial charge in [0.15, 0.2) is 0 Å². The Balaban J connectivity index is 0.996. The summed E-state index contributed by atoms with van der Waals surface area (Å²) in [4.78, 5) is 7.17. The molecule has 1 aromatic heterocycles. The van der Waals surface area contributed by atoms with E-state index in [1.54, 1.807) is 0 Å². The molecule has 0 fully saturated rings. The van der Waals surface area contributed by atoms with Crippen LogP contribution in [0.2, 0.25) is 0 Å². The number of benzene rings is 9. The monoisotopic (exact) mass is 1010 g/mol. The number of aryl methyl sites for hydroxylation is 2. The van der Waals surface area contributed by atoms with Crippen molar-refractivity contribution in [2.75, 3.05) is 9.80 Å². The minimum atomic E-state index is -0.248. The summed E-state index contributed by atoms with van der Waals surface area (Å²) in [6, 6.07) is 75.1. The molecule has 4 heteroatoms. The van der Waals surface area contributed by atoms with Crippen LogP contribution in [0.1, 0.15) is 55.5 Å². The average molecular weight is 1010 g/mol. The van der Waals surface area contributed by atoms with Crippen molar-refractivity contribution in [1.82, 2.24) is 4.57 Å². The van der Waals surface area contributed by atoms with Crippen molar-refractivity contribution in [3.05, 3.63) is 295 Å². The predicted molar refractivity (Wildman–Crippen MR) is 334 cm³/mol. The van der Waals surface area contributed by atoms with Gasteiger partial charge in [-0.05, 0) is 180 Å². The average Bonchev–Trinajstić information content (AvgIpc) is 4.01. The van der Waals surface area contributed by atoms with Crippen molar-refractivity contribution in [3.63, 3.8) is 0 Å². The predicted octanol–water partition coefficient (Wildman–Crippen LogP) is 21.1. The lowest BCUT2D eigenvalue weighted by Gasteiger charge is -2.28. The number of allylic oxidation sites excluding steroid dienone is 10. The van der Waals surface area contributed by atoms with Gasteiger partial charge in [0.2, 0.25) is 0 Å². The Kier molecular flexibility index (Phi) is 14.0. The number of anilines is 6. The second kappa shape index (κ2) is 21.4. The minimum Gasteiger partial charge on any atom is -0.311 e. The van der Waals surface area contributed by atoms with Crippen molar-refractivity contribution >= 4 is 78.8 Å². The maximum Gasteiger partial charge on any atom is 0.0683 e. The first-order chi connectivity index (χ1) is 37.6. The van der Waals surface area contributed by atoms with Crippen LogP contribution in [0, 0.1) is 13.8 Å². The largest absolute Gasteiger partial charge is 0.311 e. The highest BCUT2D eigenvalue weighted by molar-refractivity contribution is 7.99. The Hall–Kier alpha value is -8.83. The second-order valence-corrected chi connectivity index (χ2v) is 21.3. The highest BCUT2D eigenvalue weighted by Crippen LogP contribution is 2.54. The zero-order chi connectivity index (χ0) is 53.2. The highest BCUT2D eigenvalue weighted by atomic mass is 32.2. The van der Waals surface area contributed by atoms with Gasteiger partial charge >= 0.3 is 0 Å². The lowest BCUT2D eigenvalue weighted by atomic mass is 9.79. The first-order valence-electron chi connectivity index (χ1n) is 26.6. The van der Waals surface area contributed by atoms with Crippen molar-refractivity contribution in [3.8, 4) is 16.8 Å². The van der Waals surface area contributed by atoms with E-state index in [1.165, 1.54) is 65.0 Å². The van der Waals surface area contributed by atoms with E-state index in [1.807, 2.05) is 24.8 Å². The summed E-state index contributed by atoms with van der Waals surface area (Å²) in [5.74, 6) is 0. The Labute approximate surface area is 459 Å². The van der Waals surface area contributed by atoms with E-state index < -0.39 is 0 Å². The minimum absolute atomic E-state index is 0.248. The van der Waals surface area contributed by atoms with Crippen molar-refractivity contribution in [1.29, 1.82) is 0 Å². The van der Waals surface area contributed by atoms with E-state index in [-0.39, 0.29) is 5.41 Å². The maximum atomic E-state index is 4.34. The first-order valence-corrected chi connectivity index (χ1v) is 27.4. The number of hydrogen-bond donors (Lipinski definition) is 0. The fourth-order valence-electron chi connectivity index (χ4n) is 11.4. The van der Waals surface area contributed by atoms with Gasteiger partial charge in [-0.1, -0.05) is 190 Å². The molecule has 0 atom stereocenters. The summed E-state index contributed by atoms with van der Waals surface area (Å²) in [6.45, 7) is 21.6. The van der Waals surface area contributed by atoms with Crippen LogP contribution in [-0.4, -0.2) is 4.57 Å². The van der Waals surface area contributed by atoms with Gasteiger partial charge in [-0.25, -0.2) is 0 Å². The molecule has 376 valence electrons. The third-order valence-electron chi connectivity index (χ3n) is 15.0. The normalized spacial score (nSPS) is 13.2. The zero-order valence-corrected chi connectivity index (χ0v) is 45.7. The molecule has 77 heavy (non-hydrogen) atoms. The van der Waals surface area contributed by atoms with Crippen LogP contribution in [0.4, 0.5) is 34.1 Å². The van der Waals surface area contributed by atoms with Gasteiger partial charge in [0, 0.05) is 65.8 Å². The second-order valence-electron chi connectivity index (χ2n) is 20.2. The maximum absolute atomic E-state index is 4.34. The number of para-hydroxylation sites is 2. The molecule has 0 saturated carbocycles. The molecule has 0 unspecified atom stereocenters. The summed E-state index contributed by atoms with van der Waals surface area (Å²) in [7, 11) is 0. The molecular formula is C73H63N3S. The summed E-state index contributed by atoms with van der Waals surface area (Å²) in [5, 5.41) is 2.57. The van der Waals surface area contributed by atoms with Crippen LogP contribution in [0.3, 0.4) is 0 Å². The number of fused-ring (bicyclic) bond motifs is 5. The molecule has 0 bridgehead atoms. The van der Waals surface area contributed by atoms with Gasteiger partial charge in [0.05, 0.1) is 11.0 Å². The fourth-order valence-corrected chi connectivity index (χ4v) is 12.5. The molecule has 0 radical (unpaired) electrons. The van der Waals surface area contributed by atoms with Crippen LogP contribution in [0.25, 0.3) is 49.8 Å². The summed E-state index contributed by atoms with van der Waals surface area (Å²) in [5.41, 5.74) is 22.0. The van der Waals surface area contributed by atoms with Gasteiger partial charge in [-0.15, -0.1) is 0 Å². The lowest BCUT2D eigenvalue weighted by Crippen LogP contribution is -2.16. The highest BCUT2D eigenvalue weighted by Gasteiger charge is 2.38. The van der Waals surface area contributed by atoms with E-state index in [0.29, 0.717) is 0 Å². The molecular weight excluding hydrogens is 951 g/mol.